The fraction of sp³-hybridized carbons (Fsp3) is 0.214. The van der Waals surface area contributed by atoms with E-state index in [1.807, 2.05) is 24.3 Å². The highest BCUT2D eigenvalue weighted by Gasteiger charge is 2.02. The molecular formula is C14H15N5O2. The van der Waals surface area contributed by atoms with Crippen molar-refractivity contribution in [3.05, 3.63) is 52.4 Å². The summed E-state index contributed by atoms with van der Waals surface area (Å²) < 4.78 is 6.42. The first kappa shape index (κ1) is 13.2. The lowest BCUT2D eigenvalue weighted by Crippen LogP contribution is -2.14. The van der Waals surface area contributed by atoms with Gasteiger partial charge in [0, 0.05) is 6.54 Å². The van der Waals surface area contributed by atoms with Crippen LogP contribution in [0.25, 0.3) is 5.65 Å². The number of aromatic nitrogens is 4. The maximum atomic E-state index is 11.4. The van der Waals surface area contributed by atoms with E-state index in [4.69, 9.17) is 4.74 Å². The molecule has 0 aliphatic carbocycles. The fourth-order valence-corrected chi connectivity index (χ4v) is 2.06. The Morgan fingerprint density at radius 1 is 1.33 bits per heavy atom. The van der Waals surface area contributed by atoms with Gasteiger partial charge in [-0.1, -0.05) is 12.1 Å². The maximum Gasteiger partial charge on any atom is 0.364 e. The van der Waals surface area contributed by atoms with Gasteiger partial charge in [0.1, 0.15) is 11.6 Å². The lowest BCUT2D eigenvalue weighted by molar-refractivity contribution is 0.414. The van der Waals surface area contributed by atoms with Crippen LogP contribution in [0.4, 0.5) is 5.82 Å². The summed E-state index contributed by atoms with van der Waals surface area (Å²) in [4.78, 5) is 11.4. The number of nitrogens with one attached hydrogen (secondary N) is 2. The van der Waals surface area contributed by atoms with E-state index in [1.54, 1.807) is 19.2 Å². The third-order valence-corrected chi connectivity index (χ3v) is 3.13. The summed E-state index contributed by atoms with van der Waals surface area (Å²) in [7, 11) is 1.65. The smallest absolute Gasteiger partial charge is 0.364 e. The van der Waals surface area contributed by atoms with Crippen LogP contribution in [0.3, 0.4) is 0 Å². The predicted molar refractivity (Wildman–Crippen MR) is 78.8 cm³/mol. The molecule has 0 saturated carbocycles. The Balaban J connectivity index is 1.66. The number of hydrogen-bond acceptors (Lipinski definition) is 5. The van der Waals surface area contributed by atoms with Gasteiger partial charge < -0.3 is 10.1 Å². The number of ether oxygens (including phenoxy) is 1. The molecule has 0 spiro atoms. The van der Waals surface area contributed by atoms with E-state index < -0.39 is 0 Å². The molecule has 1 aromatic carbocycles. The average molecular weight is 285 g/mol. The number of anilines is 1. The van der Waals surface area contributed by atoms with Crippen LogP contribution in [0.2, 0.25) is 0 Å². The number of methoxy groups -OCH3 is 1. The summed E-state index contributed by atoms with van der Waals surface area (Å²) >= 11 is 0. The van der Waals surface area contributed by atoms with E-state index in [2.05, 4.69) is 20.6 Å². The second-order valence-corrected chi connectivity index (χ2v) is 4.55. The molecule has 3 rings (SSSR count). The fourth-order valence-electron chi connectivity index (χ4n) is 2.06. The number of fused-ring (bicyclic) bond motifs is 1. The van der Waals surface area contributed by atoms with Crippen LogP contribution in [0, 0.1) is 0 Å². The number of aromatic amines is 1. The van der Waals surface area contributed by atoms with Gasteiger partial charge in [-0.3, -0.25) is 0 Å². The van der Waals surface area contributed by atoms with Gasteiger partial charge in [-0.15, -0.1) is 5.10 Å². The standard InChI is InChI=1S/C14H15N5O2/c1-21-11-4-2-3-10(9-11)7-8-15-12-5-6-13-16-17-14(20)19(13)18-12/h2-6,9H,7-8H2,1H3,(H,15,18)(H,17,20). The van der Waals surface area contributed by atoms with Crippen LogP contribution in [0.1, 0.15) is 5.56 Å². The molecule has 0 saturated heterocycles. The largest absolute Gasteiger partial charge is 0.497 e. The SMILES string of the molecule is COc1cccc(CCNc2ccc3n[nH]c(=O)n3n2)c1. The quantitative estimate of drug-likeness (QED) is 0.733. The Hall–Kier alpha value is -2.83. The molecule has 0 fully saturated rings. The second kappa shape index (κ2) is 5.66. The van der Waals surface area contributed by atoms with E-state index in [-0.39, 0.29) is 5.69 Å². The molecule has 2 heterocycles. The summed E-state index contributed by atoms with van der Waals surface area (Å²) in [5.41, 5.74) is 1.32. The van der Waals surface area contributed by atoms with Crippen LogP contribution < -0.4 is 15.7 Å². The van der Waals surface area contributed by atoms with E-state index in [0.717, 1.165) is 12.2 Å². The molecule has 0 amide bonds. The minimum absolute atomic E-state index is 0.346. The molecule has 2 N–H and O–H groups in total. The molecule has 0 aliphatic rings. The molecule has 0 unspecified atom stereocenters. The number of hydrogen-bond donors (Lipinski definition) is 2. The normalized spacial score (nSPS) is 10.7. The zero-order valence-electron chi connectivity index (χ0n) is 11.5. The average Bonchev–Trinajstić information content (AvgIpc) is 2.89. The van der Waals surface area contributed by atoms with Gasteiger partial charge in [-0.25, -0.2) is 9.89 Å². The van der Waals surface area contributed by atoms with Crippen molar-refractivity contribution in [3.63, 3.8) is 0 Å². The monoisotopic (exact) mass is 285 g/mol. The van der Waals surface area contributed by atoms with Crippen LogP contribution in [-0.2, 0) is 6.42 Å². The first-order chi connectivity index (χ1) is 10.3. The van der Waals surface area contributed by atoms with E-state index in [9.17, 15) is 4.79 Å². The van der Waals surface area contributed by atoms with Crippen molar-refractivity contribution < 1.29 is 4.74 Å². The van der Waals surface area contributed by atoms with Crippen molar-refractivity contribution in [2.75, 3.05) is 19.0 Å². The van der Waals surface area contributed by atoms with Gasteiger partial charge in [-0.2, -0.15) is 9.61 Å². The minimum Gasteiger partial charge on any atom is -0.497 e. The highest BCUT2D eigenvalue weighted by atomic mass is 16.5. The molecule has 7 heteroatoms. The van der Waals surface area contributed by atoms with E-state index in [1.165, 1.54) is 10.1 Å². The van der Waals surface area contributed by atoms with Gasteiger partial charge in [0.05, 0.1) is 7.11 Å². The van der Waals surface area contributed by atoms with Crippen molar-refractivity contribution in [1.29, 1.82) is 0 Å². The molecular weight excluding hydrogens is 270 g/mol. The highest BCUT2D eigenvalue weighted by Crippen LogP contribution is 2.13. The molecule has 3 aromatic rings. The maximum absolute atomic E-state index is 11.4. The zero-order valence-corrected chi connectivity index (χ0v) is 11.5. The topological polar surface area (TPSA) is 84.3 Å². The molecule has 21 heavy (non-hydrogen) atoms. The minimum atomic E-state index is -0.346. The van der Waals surface area contributed by atoms with Gasteiger partial charge in [0.25, 0.3) is 0 Å². The molecule has 0 radical (unpaired) electrons. The van der Waals surface area contributed by atoms with Crippen LogP contribution >= 0.6 is 0 Å². The summed E-state index contributed by atoms with van der Waals surface area (Å²) in [6.07, 6.45) is 0.831. The van der Waals surface area contributed by atoms with Crippen molar-refractivity contribution in [3.8, 4) is 5.75 Å². The second-order valence-electron chi connectivity index (χ2n) is 4.55. The summed E-state index contributed by atoms with van der Waals surface area (Å²) in [5, 5.41) is 13.5. The molecule has 0 bridgehead atoms. The molecule has 2 aromatic heterocycles. The highest BCUT2D eigenvalue weighted by molar-refractivity contribution is 5.43. The van der Waals surface area contributed by atoms with Crippen molar-refractivity contribution >= 4 is 11.5 Å². The first-order valence-electron chi connectivity index (χ1n) is 6.57. The van der Waals surface area contributed by atoms with Crippen LogP contribution in [0.15, 0.2) is 41.2 Å². The number of rotatable bonds is 5. The van der Waals surface area contributed by atoms with Crippen molar-refractivity contribution in [1.82, 2.24) is 19.8 Å². The zero-order chi connectivity index (χ0) is 14.7. The molecule has 0 aliphatic heterocycles. The predicted octanol–water partition coefficient (Wildman–Crippen LogP) is 1.08. The Kier molecular flexibility index (Phi) is 3.55. The molecule has 7 nitrogen and oxygen atoms in total. The van der Waals surface area contributed by atoms with Crippen LogP contribution in [0.5, 0.6) is 5.75 Å². The Morgan fingerprint density at radius 3 is 3.10 bits per heavy atom. The van der Waals surface area contributed by atoms with E-state index in [0.29, 0.717) is 18.0 Å². The Bertz CT molecular complexity index is 808. The van der Waals surface area contributed by atoms with Crippen LogP contribution in [-0.4, -0.2) is 33.5 Å². The van der Waals surface area contributed by atoms with Crippen molar-refractivity contribution in [2.24, 2.45) is 0 Å². The Labute approximate surface area is 120 Å². The number of H-pyrrole nitrogens is 1. The molecule has 0 atom stereocenters. The number of nitrogens with zero attached hydrogens (tertiary/aromatic N) is 3. The third kappa shape index (κ3) is 2.86. The lowest BCUT2D eigenvalue weighted by atomic mass is 10.1. The summed E-state index contributed by atoms with van der Waals surface area (Å²) in [5.74, 6) is 1.48. The van der Waals surface area contributed by atoms with Gasteiger partial charge >= 0.3 is 5.69 Å². The summed E-state index contributed by atoms with van der Waals surface area (Å²) in [6, 6.07) is 11.4. The Morgan fingerprint density at radius 2 is 2.24 bits per heavy atom. The van der Waals surface area contributed by atoms with Gasteiger partial charge in [0.2, 0.25) is 0 Å². The third-order valence-electron chi connectivity index (χ3n) is 3.13. The van der Waals surface area contributed by atoms with E-state index >= 15 is 0 Å². The first-order valence-corrected chi connectivity index (χ1v) is 6.57. The lowest BCUT2D eigenvalue weighted by Gasteiger charge is -2.06. The van der Waals surface area contributed by atoms with Gasteiger partial charge in [0.15, 0.2) is 5.65 Å². The van der Waals surface area contributed by atoms with Crippen molar-refractivity contribution in [2.45, 2.75) is 6.42 Å². The number of benzene rings is 1. The van der Waals surface area contributed by atoms with Gasteiger partial charge in [-0.05, 0) is 36.2 Å². The molecule has 108 valence electrons. The summed E-state index contributed by atoms with van der Waals surface area (Å²) in [6.45, 7) is 0.707.